The first-order valence-corrected chi connectivity index (χ1v) is 20.1. The molecule has 10 heterocycles. The summed E-state index contributed by atoms with van der Waals surface area (Å²) < 4.78 is 59.8. The standard InChI is InChI=1S/C40H58O12/c1-19-11-24-5-7-28-20(2)12-26(45-28)9-10-40-17-33-36(51-40)37-38(50-33)39(52-40)35-29(49-37)8-6-25(47-35)13-22(42)14-27-31(16-30(46-24)21(19)3)48-32(34(27)44-4)15-23(43)18-41/h19,23-39,41,43H,2-3,5-18H2,1,4H3/t19-,23-,24+,25-,26+,27+,28+,29+,30-,31+,32-,33+,34-,35+,36+,37?,38-,39+,40+/m1/s1. The largest absolute Gasteiger partial charge is 0.394 e. The number of fused-ring (bicyclic) bond motifs is 6. The number of carbonyl (C=O) groups excluding carboxylic acids is 1. The summed E-state index contributed by atoms with van der Waals surface area (Å²) >= 11 is 0. The highest BCUT2D eigenvalue weighted by Gasteiger charge is 2.68. The highest BCUT2D eigenvalue weighted by atomic mass is 16.8. The second-order valence-corrected chi connectivity index (χ2v) is 17.4. The second-order valence-electron chi connectivity index (χ2n) is 17.4. The Bertz CT molecular complexity index is 1370. The van der Waals surface area contributed by atoms with Gasteiger partial charge in [-0.3, -0.25) is 4.79 Å². The van der Waals surface area contributed by atoms with Gasteiger partial charge in [0.25, 0.3) is 0 Å². The molecule has 0 saturated carbocycles. The van der Waals surface area contributed by atoms with E-state index in [4.69, 9.17) is 42.6 Å². The van der Waals surface area contributed by atoms with E-state index in [-0.39, 0.29) is 123 Å². The van der Waals surface area contributed by atoms with Gasteiger partial charge in [0.2, 0.25) is 0 Å². The van der Waals surface area contributed by atoms with Crippen molar-refractivity contribution in [3.05, 3.63) is 24.3 Å². The van der Waals surface area contributed by atoms with Crippen molar-refractivity contribution in [1.82, 2.24) is 0 Å². The first-order valence-electron chi connectivity index (χ1n) is 20.1. The number of aliphatic hydroxyl groups is 2. The summed E-state index contributed by atoms with van der Waals surface area (Å²) in [6, 6.07) is 0. The highest BCUT2D eigenvalue weighted by Crippen LogP contribution is 2.54. The second kappa shape index (κ2) is 14.3. The Kier molecular flexibility index (Phi) is 10.0. The molecular weight excluding hydrogens is 672 g/mol. The molecule has 10 fully saturated rings. The van der Waals surface area contributed by atoms with E-state index in [0.717, 1.165) is 49.7 Å². The molecule has 12 heteroatoms. The summed E-state index contributed by atoms with van der Waals surface area (Å²) in [5.74, 6) is -0.709. The number of hydrogen-bond acceptors (Lipinski definition) is 12. The first-order chi connectivity index (χ1) is 25.1. The molecule has 10 saturated heterocycles. The molecule has 1 spiro atoms. The molecule has 0 radical (unpaired) electrons. The van der Waals surface area contributed by atoms with E-state index in [9.17, 15) is 15.0 Å². The molecule has 0 aromatic rings. The predicted molar refractivity (Wildman–Crippen MR) is 184 cm³/mol. The van der Waals surface area contributed by atoms with Gasteiger partial charge in [0.15, 0.2) is 5.79 Å². The maximum Gasteiger partial charge on any atom is 0.172 e. The smallest absolute Gasteiger partial charge is 0.172 e. The lowest BCUT2D eigenvalue weighted by molar-refractivity contribution is -0.292. The van der Waals surface area contributed by atoms with Crippen LogP contribution in [-0.4, -0.2) is 133 Å². The van der Waals surface area contributed by atoms with Crippen LogP contribution in [0.15, 0.2) is 24.3 Å². The van der Waals surface area contributed by atoms with Crippen LogP contribution in [0.1, 0.15) is 90.4 Å². The minimum atomic E-state index is -0.951. The molecule has 52 heavy (non-hydrogen) atoms. The lowest BCUT2D eigenvalue weighted by Crippen LogP contribution is -2.61. The number of hydrogen-bond donors (Lipinski definition) is 2. The summed E-state index contributed by atoms with van der Waals surface area (Å²) in [6.07, 6.45) is 4.01. The molecule has 12 bridgehead atoms. The van der Waals surface area contributed by atoms with Crippen LogP contribution < -0.4 is 0 Å². The first kappa shape index (κ1) is 36.4. The molecule has 0 aromatic carbocycles. The fourth-order valence-corrected chi connectivity index (χ4v) is 11.3. The third-order valence-electron chi connectivity index (χ3n) is 13.9. The predicted octanol–water partition coefficient (Wildman–Crippen LogP) is 3.47. The number of rotatable bonds is 4. The summed E-state index contributed by atoms with van der Waals surface area (Å²) in [5.41, 5.74) is 2.17. The molecule has 12 nitrogen and oxygen atoms in total. The van der Waals surface area contributed by atoms with Crippen LogP contribution >= 0.6 is 0 Å². The van der Waals surface area contributed by atoms with Crippen molar-refractivity contribution < 1.29 is 57.6 Å². The van der Waals surface area contributed by atoms with E-state index in [1.165, 1.54) is 0 Å². The van der Waals surface area contributed by atoms with Gasteiger partial charge in [-0.1, -0.05) is 20.1 Å². The summed E-state index contributed by atoms with van der Waals surface area (Å²) in [7, 11) is 1.63. The third-order valence-corrected chi connectivity index (χ3v) is 13.9. The summed E-state index contributed by atoms with van der Waals surface area (Å²) in [6.45, 7) is 10.7. The molecular formula is C40H58O12. The van der Waals surface area contributed by atoms with E-state index in [1.807, 2.05) is 0 Å². The number of carbonyl (C=O) groups is 1. The van der Waals surface area contributed by atoms with E-state index >= 15 is 0 Å². The average Bonchev–Trinajstić information content (AvgIpc) is 3.79. The minimum Gasteiger partial charge on any atom is -0.394 e. The minimum absolute atomic E-state index is 0.0260. The molecule has 1 unspecified atom stereocenters. The van der Waals surface area contributed by atoms with Crippen LogP contribution in [0.5, 0.6) is 0 Å². The molecule has 290 valence electrons. The molecule has 19 atom stereocenters. The lowest BCUT2D eigenvalue weighted by atomic mass is 9.81. The van der Waals surface area contributed by atoms with E-state index in [2.05, 4.69) is 20.1 Å². The van der Waals surface area contributed by atoms with Crippen LogP contribution in [0.3, 0.4) is 0 Å². The van der Waals surface area contributed by atoms with Gasteiger partial charge in [-0.15, -0.1) is 0 Å². The monoisotopic (exact) mass is 730 g/mol. The molecule has 0 amide bonds. The Hall–Kier alpha value is -1.29. The van der Waals surface area contributed by atoms with E-state index < -0.39 is 24.1 Å². The number of aliphatic hydroxyl groups excluding tert-OH is 2. The molecule has 10 aliphatic rings. The molecule has 10 rings (SSSR count). The van der Waals surface area contributed by atoms with Crippen molar-refractivity contribution in [2.45, 2.75) is 194 Å². The van der Waals surface area contributed by atoms with Gasteiger partial charge in [-0.2, -0.15) is 0 Å². The van der Waals surface area contributed by atoms with Gasteiger partial charge < -0.3 is 52.8 Å². The molecule has 0 aliphatic carbocycles. The maximum absolute atomic E-state index is 14.0. The third kappa shape index (κ3) is 6.59. The van der Waals surface area contributed by atoms with Gasteiger partial charge in [-0.25, -0.2) is 0 Å². The topological polar surface area (TPSA) is 141 Å². The van der Waals surface area contributed by atoms with Gasteiger partial charge in [0, 0.05) is 51.6 Å². The summed E-state index contributed by atoms with van der Waals surface area (Å²) in [5, 5.41) is 20.1. The van der Waals surface area contributed by atoms with Crippen molar-refractivity contribution in [2.75, 3.05) is 13.7 Å². The number of methoxy groups -OCH3 is 1. The van der Waals surface area contributed by atoms with Crippen LogP contribution in [0.2, 0.25) is 0 Å². The Morgan fingerprint density at radius 3 is 2.37 bits per heavy atom. The lowest BCUT2D eigenvalue weighted by Gasteiger charge is -2.47. The van der Waals surface area contributed by atoms with Crippen molar-refractivity contribution in [1.29, 1.82) is 0 Å². The number of ketones is 1. The van der Waals surface area contributed by atoms with Crippen molar-refractivity contribution >= 4 is 5.78 Å². The molecule has 0 aromatic heterocycles. The Morgan fingerprint density at radius 1 is 0.788 bits per heavy atom. The normalized spacial score (nSPS) is 52.4. The number of Topliss-reactive ketones (excluding diaryl/α,β-unsaturated/α-hetero) is 1. The Morgan fingerprint density at radius 2 is 1.54 bits per heavy atom. The Balaban J connectivity index is 0.994. The van der Waals surface area contributed by atoms with Crippen molar-refractivity contribution in [2.24, 2.45) is 11.8 Å². The zero-order valence-corrected chi connectivity index (χ0v) is 30.7. The van der Waals surface area contributed by atoms with Crippen LogP contribution in [0.4, 0.5) is 0 Å². The van der Waals surface area contributed by atoms with E-state index in [1.54, 1.807) is 7.11 Å². The fourth-order valence-electron chi connectivity index (χ4n) is 11.3. The number of ether oxygens (including phenoxy) is 9. The van der Waals surface area contributed by atoms with Gasteiger partial charge in [0.05, 0.1) is 73.8 Å². The van der Waals surface area contributed by atoms with Crippen molar-refractivity contribution in [3.8, 4) is 0 Å². The fraction of sp³-hybridized carbons (Fsp3) is 0.875. The zero-order valence-electron chi connectivity index (χ0n) is 30.7. The maximum atomic E-state index is 14.0. The van der Waals surface area contributed by atoms with Crippen LogP contribution in [0.25, 0.3) is 0 Å². The van der Waals surface area contributed by atoms with Crippen LogP contribution in [0, 0.1) is 11.8 Å². The molecule has 2 N–H and O–H groups in total. The van der Waals surface area contributed by atoms with Gasteiger partial charge in [0.1, 0.15) is 36.3 Å². The van der Waals surface area contributed by atoms with Gasteiger partial charge >= 0.3 is 0 Å². The zero-order chi connectivity index (χ0) is 35.9. The van der Waals surface area contributed by atoms with E-state index in [0.29, 0.717) is 25.7 Å². The summed E-state index contributed by atoms with van der Waals surface area (Å²) in [4.78, 5) is 14.0. The van der Waals surface area contributed by atoms with Gasteiger partial charge in [-0.05, 0) is 62.0 Å². The molecule has 10 aliphatic heterocycles. The SMILES string of the molecule is C=C1C[C@@H]2CC[C@@]34C[C@@H]5O[C@@H]6C(O[C@H]7CC[C@H](CC(=O)C[C@@H]8[C@@H](OC)[C@@H](C[C@@H](O)CO)O[C@H]8C[C@H]8O[C@@H](CC[C@@H]1O2)C[C@@H](C)C8=C)O[C@@H]7[C@@H]6O3)[C@H]5O4. The average molecular weight is 731 g/mol. The van der Waals surface area contributed by atoms with Crippen molar-refractivity contribution in [3.63, 3.8) is 0 Å². The highest BCUT2D eigenvalue weighted by molar-refractivity contribution is 5.79. The quantitative estimate of drug-likeness (QED) is 0.410. The van der Waals surface area contributed by atoms with Crippen LogP contribution in [-0.2, 0) is 47.4 Å². The Labute approximate surface area is 306 Å².